The lowest BCUT2D eigenvalue weighted by molar-refractivity contribution is -0.154. The van der Waals surface area contributed by atoms with Gasteiger partial charge in [-0.2, -0.15) is 13.2 Å². The first-order chi connectivity index (χ1) is 9.60. The summed E-state index contributed by atoms with van der Waals surface area (Å²) in [5.74, 6) is -1.55. The summed E-state index contributed by atoms with van der Waals surface area (Å²) < 4.78 is 65.4. The number of carboxylic acid groups (broad SMARTS) is 1. The van der Waals surface area contributed by atoms with Gasteiger partial charge in [0.15, 0.2) is 6.61 Å². The van der Waals surface area contributed by atoms with Crippen LogP contribution in [-0.4, -0.2) is 43.8 Å². The molecular weight excluding hydrogens is 317 g/mol. The SMILES string of the molecule is O=C(O)CCNS(=O)(=O)c1ccc(OCC(F)(F)F)nc1. The first-order valence-corrected chi connectivity index (χ1v) is 6.95. The maximum atomic E-state index is 11.9. The van der Waals surface area contributed by atoms with Crippen molar-refractivity contribution in [2.24, 2.45) is 0 Å². The molecule has 0 amide bonds. The predicted molar refractivity (Wildman–Crippen MR) is 63.2 cm³/mol. The molecule has 0 radical (unpaired) electrons. The Morgan fingerprint density at radius 3 is 2.52 bits per heavy atom. The van der Waals surface area contributed by atoms with E-state index in [1.807, 2.05) is 4.72 Å². The Morgan fingerprint density at radius 1 is 1.38 bits per heavy atom. The topological polar surface area (TPSA) is 106 Å². The fourth-order valence-electron chi connectivity index (χ4n) is 1.14. The molecule has 1 heterocycles. The molecule has 21 heavy (non-hydrogen) atoms. The number of hydrogen-bond donors (Lipinski definition) is 2. The second-order valence-electron chi connectivity index (χ2n) is 3.78. The third-order valence-electron chi connectivity index (χ3n) is 2.03. The highest BCUT2D eigenvalue weighted by molar-refractivity contribution is 7.89. The summed E-state index contributed by atoms with van der Waals surface area (Å²) in [5.41, 5.74) is 0. The maximum Gasteiger partial charge on any atom is 0.422 e. The van der Waals surface area contributed by atoms with Crippen LogP contribution in [0.2, 0.25) is 0 Å². The molecule has 1 rings (SSSR count). The molecule has 0 aromatic carbocycles. The lowest BCUT2D eigenvalue weighted by Crippen LogP contribution is -2.26. The zero-order valence-electron chi connectivity index (χ0n) is 10.4. The lowest BCUT2D eigenvalue weighted by Gasteiger charge is -2.09. The summed E-state index contributed by atoms with van der Waals surface area (Å²) in [6.07, 6.45) is -4.11. The van der Waals surface area contributed by atoms with Gasteiger partial charge < -0.3 is 9.84 Å². The second-order valence-corrected chi connectivity index (χ2v) is 5.54. The Bertz CT molecular complexity index is 586. The average Bonchev–Trinajstić information content (AvgIpc) is 2.35. The molecule has 0 saturated heterocycles. The van der Waals surface area contributed by atoms with Gasteiger partial charge in [0.05, 0.1) is 12.6 Å². The number of hydrogen-bond acceptors (Lipinski definition) is 5. The minimum Gasteiger partial charge on any atom is -0.481 e. The largest absolute Gasteiger partial charge is 0.481 e. The van der Waals surface area contributed by atoms with Gasteiger partial charge in [-0.15, -0.1) is 0 Å². The van der Waals surface area contributed by atoms with Crippen LogP contribution in [0.3, 0.4) is 0 Å². The Hall–Kier alpha value is -1.88. The van der Waals surface area contributed by atoms with E-state index in [9.17, 15) is 26.4 Å². The normalized spacial score (nSPS) is 12.1. The monoisotopic (exact) mass is 328 g/mol. The van der Waals surface area contributed by atoms with Crippen molar-refractivity contribution in [3.63, 3.8) is 0 Å². The van der Waals surface area contributed by atoms with Crippen molar-refractivity contribution in [3.8, 4) is 5.88 Å². The number of alkyl halides is 3. The average molecular weight is 328 g/mol. The van der Waals surface area contributed by atoms with Gasteiger partial charge in [-0.25, -0.2) is 18.1 Å². The van der Waals surface area contributed by atoms with Crippen molar-refractivity contribution in [1.82, 2.24) is 9.71 Å². The van der Waals surface area contributed by atoms with Crippen LogP contribution in [0.15, 0.2) is 23.2 Å². The van der Waals surface area contributed by atoms with Crippen molar-refractivity contribution < 1.29 is 36.2 Å². The number of nitrogens with one attached hydrogen (secondary N) is 1. The minimum atomic E-state index is -4.52. The van der Waals surface area contributed by atoms with Crippen LogP contribution in [0.1, 0.15) is 6.42 Å². The van der Waals surface area contributed by atoms with Gasteiger partial charge in [-0.3, -0.25) is 4.79 Å². The van der Waals surface area contributed by atoms with E-state index in [1.54, 1.807) is 0 Å². The number of carboxylic acids is 1. The third kappa shape index (κ3) is 6.40. The summed E-state index contributed by atoms with van der Waals surface area (Å²) >= 11 is 0. The van der Waals surface area contributed by atoms with Crippen LogP contribution >= 0.6 is 0 Å². The highest BCUT2D eigenvalue weighted by atomic mass is 32.2. The van der Waals surface area contributed by atoms with E-state index < -0.39 is 35.2 Å². The highest BCUT2D eigenvalue weighted by Gasteiger charge is 2.28. The summed E-state index contributed by atoms with van der Waals surface area (Å²) in [7, 11) is -3.97. The molecule has 7 nitrogen and oxygen atoms in total. The molecule has 1 aromatic rings. The zero-order chi connectivity index (χ0) is 16.1. The molecule has 0 aliphatic heterocycles. The first kappa shape index (κ1) is 17.2. The minimum absolute atomic E-state index is 0.313. The van der Waals surface area contributed by atoms with Gasteiger partial charge in [0, 0.05) is 12.6 Å². The van der Waals surface area contributed by atoms with Crippen LogP contribution < -0.4 is 9.46 Å². The number of aliphatic carboxylic acids is 1. The quantitative estimate of drug-likeness (QED) is 0.766. The number of ether oxygens (including phenoxy) is 1. The van der Waals surface area contributed by atoms with E-state index in [-0.39, 0.29) is 17.3 Å². The Kier molecular flexibility index (Phi) is 5.49. The Balaban J connectivity index is 2.66. The van der Waals surface area contributed by atoms with E-state index in [4.69, 9.17) is 5.11 Å². The van der Waals surface area contributed by atoms with Gasteiger partial charge in [0.1, 0.15) is 4.90 Å². The van der Waals surface area contributed by atoms with E-state index >= 15 is 0 Å². The number of carbonyl (C=O) groups is 1. The lowest BCUT2D eigenvalue weighted by atomic mass is 10.5. The Labute approximate surface area is 117 Å². The zero-order valence-corrected chi connectivity index (χ0v) is 11.2. The smallest absolute Gasteiger partial charge is 0.422 e. The van der Waals surface area contributed by atoms with Crippen molar-refractivity contribution in [2.75, 3.05) is 13.2 Å². The standard InChI is InChI=1S/C10H11F3N2O5S/c11-10(12,13)6-20-8-2-1-7(5-14-8)21(18,19)15-4-3-9(16)17/h1-2,5,15H,3-4,6H2,(H,16,17). The van der Waals surface area contributed by atoms with Crippen molar-refractivity contribution in [1.29, 1.82) is 0 Å². The van der Waals surface area contributed by atoms with E-state index in [0.717, 1.165) is 18.3 Å². The van der Waals surface area contributed by atoms with Crippen LogP contribution in [-0.2, 0) is 14.8 Å². The molecular formula is C10H11F3N2O5S. The van der Waals surface area contributed by atoms with Crippen molar-refractivity contribution in [2.45, 2.75) is 17.5 Å². The number of rotatable bonds is 7. The molecule has 0 atom stereocenters. The summed E-state index contributed by atoms with van der Waals surface area (Å²) in [6.45, 7) is -1.85. The molecule has 0 saturated carbocycles. The maximum absolute atomic E-state index is 11.9. The molecule has 0 unspecified atom stereocenters. The highest BCUT2D eigenvalue weighted by Crippen LogP contribution is 2.18. The molecule has 0 spiro atoms. The fourth-order valence-corrected chi connectivity index (χ4v) is 2.12. The number of aromatic nitrogens is 1. The number of sulfonamides is 1. The molecule has 2 N–H and O–H groups in total. The van der Waals surface area contributed by atoms with Crippen molar-refractivity contribution >= 4 is 16.0 Å². The fraction of sp³-hybridized carbons (Fsp3) is 0.400. The van der Waals surface area contributed by atoms with E-state index in [2.05, 4.69) is 9.72 Å². The van der Waals surface area contributed by atoms with Crippen LogP contribution in [0.5, 0.6) is 5.88 Å². The Morgan fingerprint density at radius 2 is 2.05 bits per heavy atom. The third-order valence-corrected chi connectivity index (χ3v) is 3.48. The second kappa shape index (κ2) is 6.72. The number of halogens is 3. The molecule has 1 aromatic heterocycles. The summed E-state index contributed by atoms with van der Waals surface area (Å²) in [6, 6.07) is 1.97. The molecule has 0 bridgehead atoms. The number of nitrogens with zero attached hydrogens (tertiary/aromatic N) is 1. The van der Waals surface area contributed by atoms with Gasteiger partial charge in [-0.1, -0.05) is 0 Å². The number of pyridine rings is 1. The van der Waals surface area contributed by atoms with Gasteiger partial charge in [0.25, 0.3) is 0 Å². The summed E-state index contributed by atoms with van der Waals surface area (Å²) in [4.78, 5) is 13.4. The van der Waals surface area contributed by atoms with Gasteiger partial charge >= 0.3 is 12.1 Å². The van der Waals surface area contributed by atoms with Crippen LogP contribution in [0, 0.1) is 0 Å². The van der Waals surface area contributed by atoms with Gasteiger partial charge in [-0.05, 0) is 6.07 Å². The molecule has 0 aliphatic carbocycles. The van der Waals surface area contributed by atoms with Crippen molar-refractivity contribution in [3.05, 3.63) is 18.3 Å². The molecule has 118 valence electrons. The summed E-state index contributed by atoms with van der Waals surface area (Å²) in [5, 5.41) is 8.39. The molecule has 0 aliphatic rings. The van der Waals surface area contributed by atoms with E-state index in [1.165, 1.54) is 0 Å². The van der Waals surface area contributed by atoms with Crippen LogP contribution in [0.4, 0.5) is 13.2 Å². The van der Waals surface area contributed by atoms with Crippen LogP contribution in [0.25, 0.3) is 0 Å². The van der Waals surface area contributed by atoms with E-state index in [0.29, 0.717) is 0 Å². The molecule has 11 heteroatoms. The first-order valence-electron chi connectivity index (χ1n) is 5.47. The molecule has 0 fully saturated rings. The predicted octanol–water partition coefficient (Wildman–Crippen LogP) is 0.776. The van der Waals surface area contributed by atoms with Gasteiger partial charge in [0.2, 0.25) is 15.9 Å².